The van der Waals surface area contributed by atoms with Crippen molar-refractivity contribution in [2.45, 2.75) is 31.7 Å². The van der Waals surface area contributed by atoms with Crippen molar-refractivity contribution in [1.82, 2.24) is 5.32 Å². The monoisotopic (exact) mass is 365 g/mol. The number of Topliss-reactive ketones (excluding diaryl/α,β-unsaturated/α-hetero) is 1. The summed E-state index contributed by atoms with van der Waals surface area (Å²) < 4.78 is 4.85. The summed E-state index contributed by atoms with van der Waals surface area (Å²) >= 11 is 0. The van der Waals surface area contributed by atoms with Gasteiger partial charge in [0.15, 0.2) is 0 Å². The quantitative estimate of drug-likeness (QED) is 0.825. The number of nitrogens with one attached hydrogen (secondary N) is 1. The van der Waals surface area contributed by atoms with Crippen molar-refractivity contribution < 1.29 is 19.1 Å². The van der Waals surface area contributed by atoms with E-state index < -0.39 is 12.0 Å². The van der Waals surface area contributed by atoms with Crippen molar-refractivity contribution >= 4 is 17.7 Å². The number of methoxy groups -OCH3 is 1. The first kappa shape index (κ1) is 18.8. The molecule has 0 spiro atoms. The van der Waals surface area contributed by atoms with Crippen LogP contribution in [0.4, 0.5) is 0 Å². The molecule has 2 atom stereocenters. The van der Waals surface area contributed by atoms with Crippen LogP contribution in [0.1, 0.15) is 36.0 Å². The highest BCUT2D eigenvalue weighted by Gasteiger charge is 2.34. The maximum atomic E-state index is 12.6. The molecular weight excluding hydrogens is 342 g/mol. The topological polar surface area (TPSA) is 72.5 Å². The maximum Gasteiger partial charge on any atom is 0.328 e. The Kier molecular flexibility index (Phi) is 6.01. The minimum absolute atomic E-state index is 0.126. The second-order valence-electron chi connectivity index (χ2n) is 6.81. The van der Waals surface area contributed by atoms with E-state index in [0.29, 0.717) is 18.4 Å². The zero-order valence-corrected chi connectivity index (χ0v) is 15.3. The summed E-state index contributed by atoms with van der Waals surface area (Å²) in [6.07, 6.45) is 2.30. The van der Waals surface area contributed by atoms with Crippen molar-refractivity contribution in [3.63, 3.8) is 0 Å². The fourth-order valence-corrected chi connectivity index (χ4v) is 3.51. The number of benzene rings is 2. The number of hydrogen-bond donors (Lipinski definition) is 1. The Morgan fingerprint density at radius 3 is 2.33 bits per heavy atom. The molecule has 2 aromatic rings. The van der Waals surface area contributed by atoms with Crippen molar-refractivity contribution in [3.8, 4) is 11.1 Å². The lowest BCUT2D eigenvalue weighted by Gasteiger charge is -2.28. The molecule has 1 fully saturated rings. The van der Waals surface area contributed by atoms with Crippen LogP contribution in [0.5, 0.6) is 0 Å². The van der Waals surface area contributed by atoms with Crippen molar-refractivity contribution in [1.29, 1.82) is 0 Å². The first-order chi connectivity index (χ1) is 13.1. The van der Waals surface area contributed by atoms with E-state index in [1.807, 2.05) is 42.5 Å². The predicted molar refractivity (Wildman–Crippen MR) is 102 cm³/mol. The average molecular weight is 365 g/mol. The molecule has 5 heteroatoms. The molecule has 3 rings (SSSR count). The second-order valence-corrected chi connectivity index (χ2v) is 6.81. The van der Waals surface area contributed by atoms with Gasteiger partial charge in [-0.05, 0) is 42.0 Å². The number of carbonyl (C=O) groups excluding carboxylic acids is 3. The molecule has 1 N–H and O–H groups in total. The first-order valence-electron chi connectivity index (χ1n) is 9.14. The number of esters is 1. The Morgan fingerprint density at radius 2 is 1.70 bits per heavy atom. The maximum absolute atomic E-state index is 12.6. The summed E-state index contributed by atoms with van der Waals surface area (Å²) in [5.74, 6) is -0.945. The largest absolute Gasteiger partial charge is 0.467 e. The Balaban J connectivity index is 1.73. The van der Waals surface area contributed by atoms with Gasteiger partial charge < -0.3 is 10.1 Å². The van der Waals surface area contributed by atoms with Gasteiger partial charge in [0, 0.05) is 18.4 Å². The van der Waals surface area contributed by atoms with Gasteiger partial charge in [-0.25, -0.2) is 4.79 Å². The zero-order valence-electron chi connectivity index (χ0n) is 15.3. The van der Waals surface area contributed by atoms with Crippen LogP contribution in [0.15, 0.2) is 54.6 Å². The normalized spacial score (nSPS) is 17.8. The van der Waals surface area contributed by atoms with E-state index in [4.69, 9.17) is 4.74 Å². The van der Waals surface area contributed by atoms with Crippen LogP contribution in [0.25, 0.3) is 11.1 Å². The Bertz CT molecular complexity index is 814. The van der Waals surface area contributed by atoms with Gasteiger partial charge in [-0.15, -0.1) is 0 Å². The highest BCUT2D eigenvalue weighted by molar-refractivity contribution is 5.97. The SMILES string of the molecule is COC(=O)[C@H](NC(=O)c1ccc(-c2ccccc2)cc1)[C@@H]1CCCC(=O)C1. The molecule has 0 aliphatic heterocycles. The van der Waals surface area contributed by atoms with E-state index in [1.54, 1.807) is 12.1 Å². The van der Waals surface area contributed by atoms with Gasteiger partial charge in [0.25, 0.3) is 5.91 Å². The van der Waals surface area contributed by atoms with E-state index >= 15 is 0 Å². The van der Waals surface area contributed by atoms with Gasteiger partial charge in [-0.2, -0.15) is 0 Å². The van der Waals surface area contributed by atoms with Crippen molar-refractivity contribution in [2.75, 3.05) is 7.11 Å². The number of ether oxygens (including phenoxy) is 1. The van der Waals surface area contributed by atoms with Gasteiger partial charge in [0.05, 0.1) is 7.11 Å². The van der Waals surface area contributed by atoms with Crippen LogP contribution in [0, 0.1) is 5.92 Å². The van der Waals surface area contributed by atoms with Crippen LogP contribution in [0.2, 0.25) is 0 Å². The lowest BCUT2D eigenvalue weighted by atomic mass is 9.83. The summed E-state index contributed by atoms with van der Waals surface area (Å²) in [4.78, 5) is 36.6. The van der Waals surface area contributed by atoms with Gasteiger partial charge in [0.1, 0.15) is 11.8 Å². The second kappa shape index (κ2) is 8.62. The molecule has 1 saturated carbocycles. The van der Waals surface area contributed by atoms with Crippen LogP contribution in [-0.2, 0) is 14.3 Å². The number of amides is 1. The molecule has 5 nitrogen and oxygen atoms in total. The molecule has 0 unspecified atom stereocenters. The fraction of sp³-hybridized carbons (Fsp3) is 0.318. The van der Waals surface area contributed by atoms with Gasteiger partial charge in [-0.3, -0.25) is 9.59 Å². The molecule has 1 amide bonds. The molecule has 1 aliphatic carbocycles. The van der Waals surface area contributed by atoms with Crippen LogP contribution in [-0.4, -0.2) is 30.8 Å². The van der Waals surface area contributed by atoms with E-state index in [-0.39, 0.29) is 17.6 Å². The zero-order chi connectivity index (χ0) is 19.2. The summed E-state index contributed by atoms with van der Waals surface area (Å²) in [6.45, 7) is 0. The Morgan fingerprint density at radius 1 is 1.04 bits per heavy atom. The van der Waals surface area contributed by atoms with E-state index in [2.05, 4.69) is 5.32 Å². The van der Waals surface area contributed by atoms with Gasteiger partial charge >= 0.3 is 5.97 Å². The van der Waals surface area contributed by atoms with Crippen molar-refractivity contribution in [2.24, 2.45) is 5.92 Å². The molecule has 27 heavy (non-hydrogen) atoms. The van der Waals surface area contributed by atoms with E-state index in [1.165, 1.54) is 7.11 Å². The van der Waals surface area contributed by atoms with E-state index in [9.17, 15) is 14.4 Å². The highest BCUT2D eigenvalue weighted by atomic mass is 16.5. The number of hydrogen-bond acceptors (Lipinski definition) is 4. The molecule has 0 bridgehead atoms. The molecule has 0 radical (unpaired) electrons. The minimum atomic E-state index is -0.805. The smallest absolute Gasteiger partial charge is 0.328 e. The third-order valence-corrected chi connectivity index (χ3v) is 4.99. The molecular formula is C22H23NO4. The molecule has 0 aromatic heterocycles. The van der Waals surface area contributed by atoms with Crippen molar-refractivity contribution in [3.05, 3.63) is 60.2 Å². The molecule has 0 saturated heterocycles. The molecule has 0 heterocycles. The third-order valence-electron chi connectivity index (χ3n) is 4.99. The first-order valence-corrected chi connectivity index (χ1v) is 9.14. The van der Waals surface area contributed by atoms with Crippen LogP contribution >= 0.6 is 0 Å². The predicted octanol–water partition coefficient (Wildman–Crippen LogP) is 3.38. The van der Waals surface area contributed by atoms with E-state index in [0.717, 1.165) is 24.0 Å². The van der Waals surface area contributed by atoms with Gasteiger partial charge in [0.2, 0.25) is 0 Å². The molecule has 1 aliphatic rings. The summed E-state index contributed by atoms with van der Waals surface area (Å²) in [5.41, 5.74) is 2.54. The highest BCUT2D eigenvalue weighted by Crippen LogP contribution is 2.25. The minimum Gasteiger partial charge on any atom is -0.467 e. The molecule has 2 aromatic carbocycles. The number of ketones is 1. The Labute approximate surface area is 158 Å². The molecule has 140 valence electrons. The van der Waals surface area contributed by atoms with Crippen LogP contribution in [0.3, 0.4) is 0 Å². The van der Waals surface area contributed by atoms with Crippen LogP contribution < -0.4 is 5.32 Å². The number of carbonyl (C=O) groups is 3. The Hall–Kier alpha value is -2.95. The fourth-order valence-electron chi connectivity index (χ4n) is 3.51. The number of rotatable bonds is 5. The lowest BCUT2D eigenvalue weighted by Crippen LogP contribution is -2.48. The summed E-state index contributed by atoms with van der Waals surface area (Å²) in [6, 6.07) is 16.3. The average Bonchev–Trinajstić information content (AvgIpc) is 2.72. The summed E-state index contributed by atoms with van der Waals surface area (Å²) in [5, 5.41) is 2.77. The lowest BCUT2D eigenvalue weighted by molar-refractivity contribution is -0.145. The summed E-state index contributed by atoms with van der Waals surface area (Å²) in [7, 11) is 1.29. The van der Waals surface area contributed by atoms with Gasteiger partial charge in [-0.1, -0.05) is 42.5 Å². The third kappa shape index (κ3) is 4.61. The standard InChI is InChI=1S/C22H23NO4/c1-27-22(26)20(18-8-5-9-19(24)14-18)23-21(25)17-12-10-16(11-13-17)15-6-3-2-4-7-15/h2-4,6-7,10-13,18,20H,5,8-9,14H2,1H3,(H,23,25)/t18-,20-/m1/s1.